The van der Waals surface area contributed by atoms with Gasteiger partial charge >= 0.3 is 5.97 Å². The number of hydrogen-bond acceptors (Lipinski definition) is 5. The molecule has 1 aromatic heterocycles. The number of rotatable bonds is 7. The smallest absolute Gasteiger partial charge is 0.311 e. The lowest BCUT2D eigenvalue weighted by molar-refractivity contribution is -0.154. The highest BCUT2D eigenvalue weighted by Crippen LogP contribution is 2.23. The molecule has 1 aromatic carbocycles. The monoisotopic (exact) mass is 319 g/mol. The third-order valence-corrected chi connectivity index (χ3v) is 3.43. The molecule has 0 bridgehead atoms. The van der Waals surface area contributed by atoms with Crippen molar-refractivity contribution < 1.29 is 23.5 Å². The fourth-order valence-electron chi connectivity index (χ4n) is 2.20. The van der Waals surface area contributed by atoms with Gasteiger partial charge in [0.1, 0.15) is 5.58 Å². The first-order chi connectivity index (χ1) is 11.0. The molecule has 0 aliphatic carbocycles. The van der Waals surface area contributed by atoms with E-state index in [9.17, 15) is 9.59 Å². The van der Waals surface area contributed by atoms with Crippen LogP contribution in [0.1, 0.15) is 18.1 Å². The summed E-state index contributed by atoms with van der Waals surface area (Å²) in [7, 11) is 1.55. The number of fused-ring (bicyclic) bond motifs is 1. The van der Waals surface area contributed by atoms with Gasteiger partial charge in [-0.1, -0.05) is 12.1 Å². The summed E-state index contributed by atoms with van der Waals surface area (Å²) in [5, 5.41) is 3.50. The van der Waals surface area contributed by atoms with Crippen LogP contribution in [-0.2, 0) is 25.5 Å². The van der Waals surface area contributed by atoms with Crippen molar-refractivity contribution in [3.63, 3.8) is 0 Å². The summed E-state index contributed by atoms with van der Waals surface area (Å²) >= 11 is 0. The molecule has 124 valence electrons. The second kappa shape index (κ2) is 7.78. The minimum atomic E-state index is -0.847. The fourth-order valence-corrected chi connectivity index (χ4v) is 2.20. The molecule has 0 unspecified atom stereocenters. The van der Waals surface area contributed by atoms with Crippen molar-refractivity contribution in [2.45, 2.75) is 26.4 Å². The number of ether oxygens (including phenoxy) is 2. The molecule has 1 heterocycles. The first-order valence-electron chi connectivity index (χ1n) is 7.44. The maximum Gasteiger partial charge on any atom is 0.311 e. The summed E-state index contributed by atoms with van der Waals surface area (Å²) in [6.07, 6.45) is 0.764. The third-order valence-electron chi connectivity index (χ3n) is 3.43. The van der Waals surface area contributed by atoms with Crippen LogP contribution in [0.2, 0.25) is 0 Å². The Labute approximate surface area is 134 Å². The highest BCUT2D eigenvalue weighted by molar-refractivity contribution is 5.88. The summed E-state index contributed by atoms with van der Waals surface area (Å²) in [4.78, 5) is 23.7. The van der Waals surface area contributed by atoms with E-state index in [0.717, 1.165) is 22.1 Å². The highest BCUT2D eigenvalue weighted by atomic mass is 16.5. The van der Waals surface area contributed by atoms with Crippen LogP contribution < -0.4 is 5.32 Å². The van der Waals surface area contributed by atoms with Crippen molar-refractivity contribution in [2.24, 2.45) is 0 Å². The van der Waals surface area contributed by atoms with E-state index in [1.54, 1.807) is 13.4 Å². The van der Waals surface area contributed by atoms with Crippen molar-refractivity contribution in [2.75, 3.05) is 20.3 Å². The third kappa shape index (κ3) is 4.56. The number of aryl methyl sites for hydroxylation is 1. The van der Waals surface area contributed by atoms with Gasteiger partial charge in [-0.2, -0.15) is 0 Å². The van der Waals surface area contributed by atoms with Crippen LogP contribution in [0, 0.1) is 6.92 Å². The molecule has 1 N–H and O–H groups in total. The average Bonchev–Trinajstić information content (AvgIpc) is 2.89. The zero-order valence-electron chi connectivity index (χ0n) is 13.5. The van der Waals surface area contributed by atoms with E-state index < -0.39 is 12.1 Å². The Bertz CT molecular complexity index is 691. The summed E-state index contributed by atoms with van der Waals surface area (Å²) < 4.78 is 15.4. The number of carbonyl (C=O) groups excluding carboxylic acids is 2. The number of amides is 1. The molecule has 1 atom stereocenters. The Morgan fingerprint density at radius 1 is 1.35 bits per heavy atom. The Morgan fingerprint density at radius 2 is 2.13 bits per heavy atom. The standard InChI is InChI=1S/C17H21NO5/c1-11-4-5-14-13(10-22-15(14)8-11)9-16(19)23-12(2)17(20)18-6-7-21-3/h4-5,8,10,12H,6-7,9H2,1-3H3,(H,18,20)/t12-/m0/s1. The van der Waals surface area contributed by atoms with Gasteiger partial charge in [0.2, 0.25) is 0 Å². The minimum Gasteiger partial charge on any atom is -0.464 e. The lowest BCUT2D eigenvalue weighted by atomic mass is 10.1. The van der Waals surface area contributed by atoms with Gasteiger partial charge in [0.15, 0.2) is 6.10 Å². The van der Waals surface area contributed by atoms with Gasteiger partial charge < -0.3 is 19.2 Å². The minimum absolute atomic E-state index is 0.0613. The Morgan fingerprint density at radius 3 is 2.87 bits per heavy atom. The molecule has 0 fully saturated rings. The quantitative estimate of drug-likeness (QED) is 0.624. The van der Waals surface area contributed by atoms with Crippen molar-refractivity contribution in [3.05, 3.63) is 35.6 Å². The number of nitrogens with one attached hydrogen (secondary N) is 1. The summed E-state index contributed by atoms with van der Waals surface area (Å²) in [6.45, 7) is 4.30. The van der Waals surface area contributed by atoms with Crippen molar-refractivity contribution in [1.82, 2.24) is 5.32 Å². The van der Waals surface area contributed by atoms with Crippen LogP contribution in [0.15, 0.2) is 28.9 Å². The fraction of sp³-hybridized carbons (Fsp3) is 0.412. The molecule has 23 heavy (non-hydrogen) atoms. The van der Waals surface area contributed by atoms with E-state index in [1.807, 2.05) is 25.1 Å². The van der Waals surface area contributed by atoms with Crippen LogP contribution in [0.25, 0.3) is 11.0 Å². The molecular weight excluding hydrogens is 298 g/mol. The zero-order valence-corrected chi connectivity index (χ0v) is 13.5. The second-order valence-electron chi connectivity index (χ2n) is 5.35. The maximum atomic E-state index is 12.0. The molecule has 0 radical (unpaired) electrons. The molecule has 2 rings (SSSR count). The van der Waals surface area contributed by atoms with Crippen LogP contribution in [0.5, 0.6) is 0 Å². The molecule has 0 saturated carbocycles. The van der Waals surface area contributed by atoms with Crippen LogP contribution in [0.3, 0.4) is 0 Å². The molecule has 6 heteroatoms. The van der Waals surface area contributed by atoms with Gasteiger partial charge in [-0.25, -0.2) is 0 Å². The molecule has 0 aliphatic rings. The molecule has 0 spiro atoms. The Kier molecular flexibility index (Phi) is 5.76. The molecule has 0 aliphatic heterocycles. The van der Waals surface area contributed by atoms with Crippen LogP contribution >= 0.6 is 0 Å². The number of methoxy groups -OCH3 is 1. The van der Waals surface area contributed by atoms with E-state index in [-0.39, 0.29) is 12.3 Å². The van der Waals surface area contributed by atoms with Gasteiger partial charge in [-0.3, -0.25) is 9.59 Å². The lowest BCUT2D eigenvalue weighted by Crippen LogP contribution is -2.37. The average molecular weight is 319 g/mol. The molecule has 0 saturated heterocycles. The number of hydrogen-bond donors (Lipinski definition) is 1. The first kappa shape index (κ1) is 17.0. The number of benzene rings is 1. The van der Waals surface area contributed by atoms with E-state index in [4.69, 9.17) is 13.9 Å². The predicted octanol–water partition coefficient (Wildman–Crippen LogP) is 1.98. The Hall–Kier alpha value is -2.34. The van der Waals surface area contributed by atoms with E-state index in [0.29, 0.717) is 13.2 Å². The van der Waals surface area contributed by atoms with Gasteiger partial charge in [0.25, 0.3) is 5.91 Å². The van der Waals surface area contributed by atoms with E-state index in [1.165, 1.54) is 6.92 Å². The second-order valence-corrected chi connectivity index (χ2v) is 5.35. The largest absolute Gasteiger partial charge is 0.464 e. The van der Waals surface area contributed by atoms with E-state index >= 15 is 0 Å². The van der Waals surface area contributed by atoms with Crippen LogP contribution in [-0.4, -0.2) is 38.2 Å². The molecule has 2 aromatic rings. The summed E-state index contributed by atoms with van der Waals surface area (Å²) in [6, 6.07) is 5.78. The highest BCUT2D eigenvalue weighted by Gasteiger charge is 2.19. The topological polar surface area (TPSA) is 77.8 Å². The lowest BCUT2D eigenvalue weighted by Gasteiger charge is -2.13. The van der Waals surface area contributed by atoms with Crippen molar-refractivity contribution in [1.29, 1.82) is 0 Å². The summed E-state index contributed by atoms with van der Waals surface area (Å²) in [5.41, 5.74) is 2.57. The number of furan rings is 1. The SMILES string of the molecule is COCCNC(=O)[C@H](C)OC(=O)Cc1coc2cc(C)ccc12. The first-order valence-corrected chi connectivity index (χ1v) is 7.44. The van der Waals surface area contributed by atoms with Crippen molar-refractivity contribution >= 4 is 22.8 Å². The van der Waals surface area contributed by atoms with Crippen LogP contribution in [0.4, 0.5) is 0 Å². The predicted molar refractivity (Wildman–Crippen MR) is 85.1 cm³/mol. The van der Waals surface area contributed by atoms with Gasteiger partial charge in [0, 0.05) is 24.6 Å². The maximum absolute atomic E-state index is 12.0. The summed E-state index contributed by atoms with van der Waals surface area (Å²) in [5.74, 6) is -0.814. The normalized spacial score (nSPS) is 12.1. The zero-order chi connectivity index (χ0) is 16.8. The van der Waals surface area contributed by atoms with Gasteiger partial charge in [0.05, 0.1) is 19.3 Å². The molecule has 1 amide bonds. The Balaban J connectivity index is 1.92. The molecule has 6 nitrogen and oxygen atoms in total. The van der Waals surface area contributed by atoms with E-state index in [2.05, 4.69) is 5.32 Å². The number of carbonyl (C=O) groups is 2. The van der Waals surface area contributed by atoms with Gasteiger partial charge in [-0.15, -0.1) is 0 Å². The molecular formula is C17H21NO5. The van der Waals surface area contributed by atoms with Crippen molar-refractivity contribution in [3.8, 4) is 0 Å². The number of esters is 1. The van der Waals surface area contributed by atoms with Gasteiger partial charge in [-0.05, 0) is 25.5 Å².